The number of fused-ring (bicyclic) bond motifs is 1. The van der Waals surface area contributed by atoms with E-state index < -0.39 is 96.1 Å². The van der Waals surface area contributed by atoms with Gasteiger partial charge in [0, 0.05) is 17.7 Å². The van der Waals surface area contributed by atoms with Crippen LogP contribution in [0.1, 0.15) is 12.5 Å². The molecule has 0 bridgehead atoms. The highest BCUT2D eigenvalue weighted by Gasteiger charge is 2.51. The molecular weight excluding hydrogens is 576 g/mol. The topological polar surface area (TPSA) is 249 Å². The predicted molar refractivity (Wildman–Crippen MR) is 143 cm³/mol. The molecule has 0 aliphatic carbocycles. The van der Waals surface area contributed by atoms with Crippen LogP contribution in [0.2, 0.25) is 0 Å². The number of ether oxygens (including phenoxy) is 4. The van der Waals surface area contributed by atoms with Crippen molar-refractivity contribution in [3.8, 4) is 34.3 Å². The molecule has 43 heavy (non-hydrogen) atoms. The molecule has 2 fully saturated rings. The van der Waals surface area contributed by atoms with E-state index in [0.717, 1.165) is 12.1 Å². The number of aromatic hydroxyl groups is 3. The number of phenols is 3. The summed E-state index contributed by atoms with van der Waals surface area (Å²) < 4.78 is 28.6. The minimum atomic E-state index is -1.87. The molecule has 3 heterocycles. The molecule has 1 aromatic heterocycles. The molecule has 2 aromatic carbocycles. The Kier molecular flexibility index (Phi) is 8.54. The average molecular weight is 609 g/mol. The highest BCUT2D eigenvalue weighted by atomic mass is 16.8. The number of rotatable bonds is 6. The number of aliphatic hydroxyl groups excluding tert-OH is 6. The van der Waals surface area contributed by atoms with Gasteiger partial charge in [0.2, 0.25) is 17.5 Å². The maximum Gasteiger partial charge on any atom is 0.239 e. The Labute approximate surface area is 242 Å². The van der Waals surface area contributed by atoms with E-state index in [4.69, 9.17) is 23.4 Å². The summed E-state index contributed by atoms with van der Waals surface area (Å²) >= 11 is 0. The third-order valence-electron chi connectivity index (χ3n) is 7.53. The van der Waals surface area contributed by atoms with Crippen molar-refractivity contribution in [3.63, 3.8) is 0 Å². The number of aryl methyl sites for hydroxylation is 1. The SMILES string of the molecule is Cc1cc(-c2oc3cc(O)cc(O)c3c(=O)c2O[C@@H]2OC(CO)[C@H](O)[C@@H](O)C2O[C@@H]2OC(C)[C@H](O)[C@H](O)C2O)ccc1O. The molecule has 0 radical (unpaired) electrons. The highest BCUT2D eigenvalue weighted by Crippen LogP contribution is 2.39. The van der Waals surface area contributed by atoms with Gasteiger partial charge in [-0.15, -0.1) is 0 Å². The summed E-state index contributed by atoms with van der Waals surface area (Å²) in [7, 11) is 0. The predicted octanol–water partition coefficient (Wildman–Crippen LogP) is -1.08. The highest BCUT2D eigenvalue weighted by molar-refractivity contribution is 5.88. The Morgan fingerprint density at radius 1 is 0.837 bits per heavy atom. The number of hydrogen-bond acceptors (Lipinski definition) is 15. The first-order valence-corrected chi connectivity index (χ1v) is 13.3. The van der Waals surface area contributed by atoms with Gasteiger partial charge in [-0.25, -0.2) is 0 Å². The van der Waals surface area contributed by atoms with Crippen molar-refractivity contribution in [2.75, 3.05) is 6.61 Å². The first-order valence-electron chi connectivity index (χ1n) is 13.3. The monoisotopic (exact) mass is 608 g/mol. The normalized spacial score (nSPS) is 33.0. The fraction of sp³-hybridized carbons (Fsp3) is 0.464. The Hall–Kier alpha value is -3.51. The lowest BCUT2D eigenvalue weighted by Crippen LogP contribution is -2.64. The van der Waals surface area contributed by atoms with Gasteiger partial charge in [-0.2, -0.15) is 0 Å². The molecule has 15 nitrogen and oxygen atoms in total. The molecule has 234 valence electrons. The molecule has 4 unspecified atom stereocenters. The van der Waals surface area contributed by atoms with Crippen molar-refractivity contribution in [1.29, 1.82) is 0 Å². The van der Waals surface area contributed by atoms with Crippen molar-refractivity contribution in [2.24, 2.45) is 0 Å². The van der Waals surface area contributed by atoms with Gasteiger partial charge in [-0.05, 0) is 37.6 Å². The maximum absolute atomic E-state index is 13.8. The van der Waals surface area contributed by atoms with Crippen molar-refractivity contribution >= 4 is 11.0 Å². The van der Waals surface area contributed by atoms with Crippen LogP contribution in [0.3, 0.4) is 0 Å². The van der Waals surface area contributed by atoms with Gasteiger partial charge in [-0.1, -0.05) is 0 Å². The lowest BCUT2D eigenvalue weighted by Gasteiger charge is -2.45. The van der Waals surface area contributed by atoms with Gasteiger partial charge in [0.25, 0.3) is 0 Å². The summed E-state index contributed by atoms with van der Waals surface area (Å²) in [6.45, 7) is 2.17. The third-order valence-corrected chi connectivity index (χ3v) is 7.53. The summed E-state index contributed by atoms with van der Waals surface area (Å²) in [6, 6.07) is 6.17. The Morgan fingerprint density at radius 2 is 1.56 bits per heavy atom. The fourth-order valence-corrected chi connectivity index (χ4v) is 5.05. The second-order valence-corrected chi connectivity index (χ2v) is 10.5. The first kappa shape index (κ1) is 30.9. The molecule has 5 rings (SSSR count). The molecule has 10 atom stereocenters. The van der Waals surface area contributed by atoms with E-state index in [1.807, 2.05) is 0 Å². The van der Waals surface area contributed by atoms with E-state index in [1.165, 1.54) is 25.1 Å². The van der Waals surface area contributed by atoms with E-state index in [0.29, 0.717) is 5.56 Å². The smallest absolute Gasteiger partial charge is 0.239 e. The van der Waals surface area contributed by atoms with Crippen molar-refractivity contribution < 1.29 is 69.3 Å². The second kappa shape index (κ2) is 11.9. The number of aliphatic hydroxyl groups is 6. The molecular formula is C28H32O15. The molecule has 2 saturated heterocycles. The van der Waals surface area contributed by atoms with Crippen LogP contribution in [-0.4, -0.2) is 114 Å². The van der Waals surface area contributed by atoms with Gasteiger partial charge in [0.15, 0.2) is 18.2 Å². The third kappa shape index (κ3) is 5.62. The molecule has 3 aromatic rings. The van der Waals surface area contributed by atoms with Gasteiger partial charge in [0.1, 0.15) is 64.8 Å². The van der Waals surface area contributed by atoms with Crippen LogP contribution in [0.4, 0.5) is 0 Å². The fourth-order valence-electron chi connectivity index (χ4n) is 5.05. The average Bonchev–Trinajstić information content (AvgIpc) is 2.96. The van der Waals surface area contributed by atoms with Crippen molar-refractivity contribution in [2.45, 2.75) is 75.3 Å². The molecule has 0 spiro atoms. The van der Waals surface area contributed by atoms with Crippen LogP contribution < -0.4 is 10.2 Å². The van der Waals surface area contributed by atoms with Crippen molar-refractivity contribution in [1.82, 2.24) is 0 Å². The van der Waals surface area contributed by atoms with Crippen LogP contribution in [0.15, 0.2) is 39.5 Å². The zero-order valence-electron chi connectivity index (χ0n) is 22.8. The van der Waals surface area contributed by atoms with Crippen LogP contribution in [0.5, 0.6) is 23.0 Å². The summed E-state index contributed by atoms with van der Waals surface area (Å²) in [5.41, 5.74) is -0.588. The van der Waals surface area contributed by atoms with E-state index in [-0.39, 0.29) is 22.7 Å². The van der Waals surface area contributed by atoms with Crippen LogP contribution >= 0.6 is 0 Å². The minimum Gasteiger partial charge on any atom is -0.508 e. The van der Waals surface area contributed by atoms with Gasteiger partial charge in [0.05, 0.1) is 12.7 Å². The van der Waals surface area contributed by atoms with Crippen LogP contribution in [0.25, 0.3) is 22.3 Å². The Morgan fingerprint density at radius 3 is 2.23 bits per heavy atom. The van der Waals surface area contributed by atoms with Crippen LogP contribution in [-0.2, 0) is 14.2 Å². The van der Waals surface area contributed by atoms with E-state index in [2.05, 4.69) is 0 Å². The van der Waals surface area contributed by atoms with E-state index in [1.54, 1.807) is 6.92 Å². The van der Waals surface area contributed by atoms with Crippen LogP contribution in [0, 0.1) is 6.92 Å². The Bertz CT molecular complexity index is 1540. The zero-order chi connectivity index (χ0) is 31.3. The number of hydrogen-bond donors (Lipinski definition) is 9. The lowest BCUT2D eigenvalue weighted by molar-refractivity contribution is -0.354. The molecule has 15 heteroatoms. The van der Waals surface area contributed by atoms with E-state index in [9.17, 15) is 50.8 Å². The van der Waals surface area contributed by atoms with Gasteiger partial charge < -0.3 is 69.3 Å². The Balaban J connectivity index is 1.62. The maximum atomic E-state index is 13.8. The molecule has 0 amide bonds. The largest absolute Gasteiger partial charge is 0.508 e. The lowest BCUT2D eigenvalue weighted by atomic mass is 9.97. The van der Waals surface area contributed by atoms with Gasteiger partial charge in [-0.3, -0.25) is 4.79 Å². The van der Waals surface area contributed by atoms with Gasteiger partial charge >= 0.3 is 0 Å². The number of benzene rings is 2. The molecule has 2 aliphatic heterocycles. The van der Waals surface area contributed by atoms with E-state index >= 15 is 0 Å². The summed E-state index contributed by atoms with van der Waals surface area (Å²) in [4.78, 5) is 13.8. The summed E-state index contributed by atoms with van der Waals surface area (Å²) in [5.74, 6) is -1.97. The molecule has 0 saturated carbocycles. The summed E-state index contributed by atoms with van der Waals surface area (Å²) in [5, 5.41) is 92.1. The summed E-state index contributed by atoms with van der Waals surface area (Å²) in [6.07, 6.45) is -16.3. The first-order chi connectivity index (χ1) is 20.3. The zero-order valence-corrected chi connectivity index (χ0v) is 22.8. The quantitative estimate of drug-likeness (QED) is 0.161. The number of phenolic OH excluding ortho intramolecular Hbond substituents is 3. The van der Waals surface area contributed by atoms with Crippen molar-refractivity contribution in [3.05, 3.63) is 46.1 Å². The minimum absolute atomic E-state index is 0.0656. The molecule has 9 N–H and O–H groups in total. The standard InChI is InChI=1S/C28H32O15/c1-9-5-11(3-4-13(9)31)24-25(20(35)17-14(32)6-12(30)7-15(17)40-24)42-28-26(22(37)19(34)16(8-29)41-28)43-27-23(38)21(36)18(33)10(2)39-27/h3-7,10,16,18-19,21-23,26-34,36-38H,8H2,1-2H3/t10?,16?,18-,19-,21-,22+,23?,26?,27-,28-/m0/s1. The molecule has 2 aliphatic rings. The second-order valence-electron chi connectivity index (χ2n) is 10.5.